The zero-order valence-corrected chi connectivity index (χ0v) is 12.9. The Morgan fingerprint density at radius 3 is 2.20 bits per heavy atom. The Kier molecular flexibility index (Phi) is 6.52. The van der Waals surface area contributed by atoms with Crippen LogP contribution in [0.4, 0.5) is 5.69 Å². The highest BCUT2D eigenvalue weighted by Crippen LogP contribution is 2.13. The molecule has 0 saturated carbocycles. The van der Waals surface area contributed by atoms with Crippen LogP contribution < -0.4 is 5.32 Å². The standard InChI is InChI=1S/C15H21ClN2O2/c1-4-18(5-2)15(20)12-6-8-13(9-7-12)17-14(19)11(3)10-16/h6-9,11H,4-5,10H2,1-3H3,(H,17,19). The summed E-state index contributed by atoms with van der Waals surface area (Å²) in [5.41, 5.74) is 1.29. The number of nitrogens with zero attached hydrogens (tertiary/aromatic N) is 1. The lowest BCUT2D eigenvalue weighted by Gasteiger charge is -2.18. The minimum Gasteiger partial charge on any atom is -0.339 e. The number of carbonyl (C=O) groups excluding carboxylic acids is 2. The number of anilines is 1. The summed E-state index contributed by atoms with van der Waals surface area (Å²) in [6, 6.07) is 6.91. The fourth-order valence-corrected chi connectivity index (χ4v) is 1.87. The maximum atomic E-state index is 12.1. The van der Waals surface area contributed by atoms with Crippen molar-refractivity contribution in [2.75, 3.05) is 24.3 Å². The van der Waals surface area contributed by atoms with Gasteiger partial charge < -0.3 is 10.2 Å². The minimum atomic E-state index is -0.242. The quantitative estimate of drug-likeness (QED) is 0.821. The van der Waals surface area contributed by atoms with Gasteiger partial charge in [-0.05, 0) is 38.1 Å². The van der Waals surface area contributed by atoms with Gasteiger partial charge in [0.05, 0.1) is 0 Å². The van der Waals surface area contributed by atoms with E-state index in [-0.39, 0.29) is 23.6 Å². The van der Waals surface area contributed by atoms with Gasteiger partial charge >= 0.3 is 0 Å². The van der Waals surface area contributed by atoms with Crippen LogP contribution in [-0.2, 0) is 4.79 Å². The highest BCUT2D eigenvalue weighted by Gasteiger charge is 2.14. The highest BCUT2D eigenvalue weighted by molar-refractivity contribution is 6.19. The van der Waals surface area contributed by atoms with E-state index in [1.165, 1.54) is 0 Å². The molecule has 2 amide bonds. The van der Waals surface area contributed by atoms with Crippen LogP contribution in [0.3, 0.4) is 0 Å². The lowest BCUT2D eigenvalue weighted by molar-refractivity contribution is -0.118. The summed E-state index contributed by atoms with van der Waals surface area (Å²) in [5, 5.41) is 2.77. The number of carbonyl (C=O) groups is 2. The molecule has 1 N–H and O–H groups in total. The first-order chi connectivity index (χ1) is 9.53. The van der Waals surface area contributed by atoms with Crippen molar-refractivity contribution in [1.29, 1.82) is 0 Å². The van der Waals surface area contributed by atoms with E-state index in [0.717, 1.165) is 0 Å². The van der Waals surface area contributed by atoms with E-state index in [9.17, 15) is 9.59 Å². The topological polar surface area (TPSA) is 49.4 Å². The molecule has 4 nitrogen and oxygen atoms in total. The van der Waals surface area contributed by atoms with Gasteiger partial charge in [0.1, 0.15) is 0 Å². The van der Waals surface area contributed by atoms with Gasteiger partial charge in [0.25, 0.3) is 5.91 Å². The first-order valence-corrected chi connectivity index (χ1v) is 7.33. The second kappa shape index (κ2) is 7.90. The average molecular weight is 297 g/mol. The zero-order valence-electron chi connectivity index (χ0n) is 12.1. The number of alkyl halides is 1. The van der Waals surface area contributed by atoms with E-state index in [1.54, 1.807) is 36.1 Å². The van der Waals surface area contributed by atoms with Crippen LogP contribution in [0.5, 0.6) is 0 Å². The Morgan fingerprint density at radius 1 is 1.20 bits per heavy atom. The molecule has 0 spiro atoms. The van der Waals surface area contributed by atoms with E-state index >= 15 is 0 Å². The Labute approximate surface area is 125 Å². The Balaban J connectivity index is 2.74. The first kappa shape index (κ1) is 16.5. The summed E-state index contributed by atoms with van der Waals surface area (Å²) >= 11 is 5.64. The molecule has 1 aromatic rings. The maximum Gasteiger partial charge on any atom is 0.253 e. The van der Waals surface area contributed by atoms with Crippen molar-refractivity contribution >= 4 is 29.1 Å². The van der Waals surface area contributed by atoms with Crippen LogP contribution in [0.2, 0.25) is 0 Å². The summed E-state index contributed by atoms with van der Waals surface area (Å²) in [7, 11) is 0. The normalized spacial score (nSPS) is 11.8. The lowest BCUT2D eigenvalue weighted by Crippen LogP contribution is -2.30. The molecule has 0 heterocycles. The van der Waals surface area contributed by atoms with Gasteiger partial charge in [0.15, 0.2) is 0 Å². The van der Waals surface area contributed by atoms with Gasteiger partial charge in [0.2, 0.25) is 5.91 Å². The highest BCUT2D eigenvalue weighted by atomic mass is 35.5. The summed E-state index contributed by atoms with van der Waals surface area (Å²) in [6.45, 7) is 7.02. The van der Waals surface area contributed by atoms with Crippen molar-refractivity contribution in [1.82, 2.24) is 4.90 Å². The molecule has 5 heteroatoms. The Morgan fingerprint density at radius 2 is 1.75 bits per heavy atom. The molecule has 1 atom stereocenters. The predicted octanol–water partition coefficient (Wildman–Crippen LogP) is 2.98. The van der Waals surface area contributed by atoms with E-state index in [0.29, 0.717) is 24.3 Å². The summed E-state index contributed by atoms with van der Waals surface area (Å²) in [4.78, 5) is 25.6. The Bertz CT molecular complexity index is 455. The molecule has 0 radical (unpaired) electrons. The number of benzene rings is 1. The molecule has 1 rings (SSSR count). The van der Waals surface area contributed by atoms with Gasteiger partial charge in [-0.25, -0.2) is 0 Å². The first-order valence-electron chi connectivity index (χ1n) is 6.79. The second-order valence-corrected chi connectivity index (χ2v) is 4.91. The molecule has 0 aliphatic rings. The van der Waals surface area contributed by atoms with Crippen molar-refractivity contribution < 1.29 is 9.59 Å². The van der Waals surface area contributed by atoms with Gasteiger partial charge in [-0.3, -0.25) is 9.59 Å². The second-order valence-electron chi connectivity index (χ2n) is 4.60. The molecule has 0 fully saturated rings. The number of rotatable bonds is 6. The van der Waals surface area contributed by atoms with E-state index in [1.807, 2.05) is 13.8 Å². The molecule has 1 aromatic carbocycles. The van der Waals surface area contributed by atoms with Crippen molar-refractivity contribution in [3.8, 4) is 0 Å². The number of halogens is 1. The molecule has 110 valence electrons. The van der Waals surface area contributed by atoms with E-state index in [2.05, 4.69) is 5.32 Å². The number of hydrogen-bond donors (Lipinski definition) is 1. The van der Waals surface area contributed by atoms with Crippen LogP contribution >= 0.6 is 11.6 Å². The molecule has 0 aromatic heterocycles. The fraction of sp³-hybridized carbons (Fsp3) is 0.467. The number of amides is 2. The maximum absolute atomic E-state index is 12.1. The van der Waals surface area contributed by atoms with Crippen LogP contribution in [-0.4, -0.2) is 35.7 Å². The lowest BCUT2D eigenvalue weighted by atomic mass is 10.1. The van der Waals surface area contributed by atoms with Crippen molar-refractivity contribution in [3.63, 3.8) is 0 Å². The Hall–Kier alpha value is -1.55. The molecule has 0 aliphatic heterocycles. The molecular weight excluding hydrogens is 276 g/mol. The molecule has 0 saturated heterocycles. The SMILES string of the molecule is CCN(CC)C(=O)c1ccc(NC(=O)C(C)CCl)cc1. The number of nitrogens with one attached hydrogen (secondary N) is 1. The van der Waals surface area contributed by atoms with Crippen LogP contribution in [0.1, 0.15) is 31.1 Å². The average Bonchev–Trinajstić information content (AvgIpc) is 2.48. The van der Waals surface area contributed by atoms with E-state index < -0.39 is 0 Å². The molecule has 0 aliphatic carbocycles. The minimum absolute atomic E-state index is 0.00185. The molecule has 0 bridgehead atoms. The van der Waals surface area contributed by atoms with Gasteiger partial charge in [0, 0.05) is 36.1 Å². The van der Waals surface area contributed by atoms with Crippen LogP contribution in [0.25, 0.3) is 0 Å². The molecular formula is C15H21ClN2O2. The fourth-order valence-electron chi connectivity index (χ4n) is 1.73. The van der Waals surface area contributed by atoms with Gasteiger partial charge in [-0.1, -0.05) is 6.92 Å². The smallest absolute Gasteiger partial charge is 0.253 e. The summed E-state index contributed by atoms with van der Waals surface area (Å²) < 4.78 is 0. The third kappa shape index (κ3) is 4.23. The largest absolute Gasteiger partial charge is 0.339 e. The van der Waals surface area contributed by atoms with E-state index in [4.69, 9.17) is 11.6 Å². The molecule has 20 heavy (non-hydrogen) atoms. The van der Waals surface area contributed by atoms with Gasteiger partial charge in [-0.2, -0.15) is 0 Å². The number of hydrogen-bond acceptors (Lipinski definition) is 2. The zero-order chi connectivity index (χ0) is 15.1. The van der Waals surface area contributed by atoms with Crippen molar-refractivity contribution in [2.45, 2.75) is 20.8 Å². The third-order valence-electron chi connectivity index (χ3n) is 3.13. The van der Waals surface area contributed by atoms with Crippen LogP contribution in [0.15, 0.2) is 24.3 Å². The van der Waals surface area contributed by atoms with Gasteiger partial charge in [-0.15, -0.1) is 11.6 Å². The van der Waals surface area contributed by atoms with Crippen LogP contribution in [0, 0.1) is 5.92 Å². The predicted molar refractivity (Wildman–Crippen MR) is 82.2 cm³/mol. The summed E-state index contributed by atoms with van der Waals surface area (Å²) in [5.74, 6) is -0.0804. The molecule has 1 unspecified atom stereocenters. The monoisotopic (exact) mass is 296 g/mol. The van der Waals surface area contributed by atoms with Crippen molar-refractivity contribution in [2.24, 2.45) is 5.92 Å². The van der Waals surface area contributed by atoms with Crippen molar-refractivity contribution in [3.05, 3.63) is 29.8 Å². The third-order valence-corrected chi connectivity index (χ3v) is 3.59. The summed E-state index contributed by atoms with van der Waals surface area (Å²) in [6.07, 6.45) is 0.